The molecule has 0 aromatic heterocycles. The van der Waals surface area contributed by atoms with Crippen molar-refractivity contribution in [2.75, 3.05) is 13.2 Å². The van der Waals surface area contributed by atoms with Crippen LogP contribution in [0.5, 0.6) is 5.75 Å². The van der Waals surface area contributed by atoms with E-state index in [9.17, 15) is 19.1 Å². The molecule has 1 heterocycles. The highest BCUT2D eigenvalue weighted by Gasteiger charge is 2.41. The van der Waals surface area contributed by atoms with Crippen LogP contribution in [0.4, 0.5) is 4.39 Å². The molecule has 2 aromatic carbocycles. The van der Waals surface area contributed by atoms with Crippen LogP contribution < -0.4 is 10.1 Å². The summed E-state index contributed by atoms with van der Waals surface area (Å²) in [5, 5.41) is 21.3. The van der Waals surface area contributed by atoms with Crippen molar-refractivity contribution < 1.29 is 33.7 Å². The molecule has 0 aliphatic carbocycles. The SMILES string of the molecule is CC(C)c1ccc(OCC(=O)O)c([C@H]2C[C@](C)(NC(=O)CCO)C[C@@H](c3ccc(F)cc3)O2)c1. The van der Waals surface area contributed by atoms with Gasteiger partial charge in [0.2, 0.25) is 5.91 Å². The van der Waals surface area contributed by atoms with Crippen molar-refractivity contribution in [1.82, 2.24) is 5.32 Å². The van der Waals surface area contributed by atoms with Crippen molar-refractivity contribution >= 4 is 11.9 Å². The first-order valence-corrected chi connectivity index (χ1v) is 11.4. The number of benzene rings is 2. The molecule has 0 bridgehead atoms. The van der Waals surface area contributed by atoms with E-state index in [-0.39, 0.29) is 30.7 Å². The number of carboxylic acids is 1. The van der Waals surface area contributed by atoms with Crippen molar-refractivity contribution in [1.29, 1.82) is 0 Å². The zero-order valence-corrected chi connectivity index (χ0v) is 19.7. The van der Waals surface area contributed by atoms with Gasteiger partial charge in [-0.25, -0.2) is 9.18 Å². The van der Waals surface area contributed by atoms with Gasteiger partial charge in [-0.1, -0.05) is 32.0 Å². The van der Waals surface area contributed by atoms with Crippen molar-refractivity contribution in [3.8, 4) is 5.75 Å². The summed E-state index contributed by atoms with van der Waals surface area (Å²) in [6, 6.07) is 11.6. The lowest BCUT2D eigenvalue weighted by Crippen LogP contribution is -2.51. The standard InChI is InChI=1S/C26H32FNO6/c1-16(2)18-6-9-21(33-15-25(31)32)20(12-18)23-14-26(3,28-24(30)10-11-29)13-22(34-23)17-4-7-19(27)8-5-17/h4-9,12,16,22-23,29H,10-11,13-15H2,1-3H3,(H,28,30)(H,31,32)/t22-,23+,26+/m0/s1. The molecular formula is C26H32FNO6. The number of aliphatic hydroxyl groups is 1. The first kappa shape index (κ1) is 25.6. The lowest BCUT2D eigenvalue weighted by atomic mass is 9.80. The Morgan fingerprint density at radius 2 is 1.85 bits per heavy atom. The Kier molecular flexibility index (Phi) is 8.28. The molecule has 184 valence electrons. The Labute approximate surface area is 198 Å². The van der Waals surface area contributed by atoms with Crippen LogP contribution in [0.2, 0.25) is 0 Å². The maximum Gasteiger partial charge on any atom is 0.341 e. The molecule has 1 saturated heterocycles. The largest absolute Gasteiger partial charge is 0.482 e. The highest BCUT2D eigenvalue weighted by atomic mass is 19.1. The monoisotopic (exact) mass is 473 g/mol. The summed E-state index contributed by atoms with van der Waals surface area (Å²) in [6.45, 7) is 5.27. The molecule has 0 unspecified atom stereocenters. The first-order valence-electron chi connectivity index (χ1n) is 11.4. The Bertz CT molecular complexity index is 1010. The predicted octanol–water partition coefficient (Wildman–Crippen LogP) is 4.26. The highest BCUT2D eigenvalue weighted by Crippen LogP contribution is 2.46. The number of halogens is 1. The molecular weight excluding hydrogens is 441 g/mol. The Morgan fingerprint density at radius 1 is 1.18 bits per heavy atom. The van der Waals surface area contributed by atoms with Crippen LogP contribution in [0.15, 0.2) is 42.5 Å². The van der Waals surface area contributed by atoms with Gasteiger partial charge >= 0.3 is 5.97 Å². The van der Waals surface area contributed by atoms with Crippen molar-refractivity contribution in [2.24, 2.45) is 0 Å². The van der Waals surface area contributed by atoms with Gasteiger partial charge in [-0.3, -0.25) is 4.79 Å². The second-order valence-electron chi connectivity index (χ2n) is 9.29. The van der Waals surface area contributed by atoms with Crippen LogP contribution in [0.25, 0.3) is 0 Å². The van der Waals surface area contributed by atoms with E-state index in [0.717, 1.165) is 11.1 Å². The molecule has 34 heavy (non-hydrogen) atoms. The van der Waals surface area contributed by atoms with Crippen molar-refractivity contribution in [2.45, 2.75) is 63.7 Å². The lowest BCUT2D eigenvalue weighted by molar-refractivity contribution is -0.139. The molecule has 1 amide bonds. The zero-order valence-electron chi connectivity index (χ0n) is 19.7. The van der Waals surface area contributed by atoms with Crippen LogP contribution in [0.1, 0.15) is 74.8 Å². The van der Waals surface area contributed by atoms with Gasteiger partial charge in [0.15, 0.2) is 6.61 Å². The number of ether oxygens (including phenoxy) is 2. The number of aliphatic hydroxyl groups excluding tert-OH is 1. The second kappa shape index (κ2) is 11.0. The first-order chi connectivity index (χ1) is 16.1. The van der Waals surface area contributed by atoms with Crippen molar-refractivity contribution in [3.05, 3.63) is 65.0 Å². The van der Waals surface area contributed by atoms with Crippen LogP contribution in [0, 0.1) is 5.82 Å². The molecule has 8 heteroatoms. The molecule has 3 rings (SSSR count). The van der Waals surface area contributed by atoms with Gasteiger partial charge in [-0.15, -0.1) is 0 Å². The molecule has 3 atom stereocenters. The van der Waals surface area contributed by atoms with E-state index in [1.54, 1.807) is 18.2 Å². The van der Waals surface area contributed by atoms with E-state index < -0.39 is 30.3 Å². The van der Waals surface area contributed by atoms with Crippen molar-refractivity contribution in [3.63, 3.8) is 0 Å². The van der Waals surface area contributed by atoms with Crippen LogP contribution >= 0.6 is 0 Å². The fourth-order valence-electron chi connectivity index (χ4n) is 4.30. The van der Waals surface area contributed by atoms with Gasteiger partial charge in [0.25, 0.3) is 0 Å². The minimum Gasteiger partial charge on any atom is -0.482 e. The summed E-state index contributed by atoms with van der Waals surface area (Å²) in [5.41, 5.74) is 1.81. The zero-order chi connectivity index (χ0) is 24.9. The molecule has 1 aliphatic heterocycles. The topological polar surface area (TPSA) is 105 Å². The Morgan fingerprint density at radius 3 is 2.47 bits per heavy atom. The Hall–Kier alpha value is -2.97. The summed E-state index contributed by atoms with van der Waals surface area (Å²) in [6.07, 6.45) is -0.133. The number of carboxylic acid groups (broad SMARTS) is 1. The number of carbonyl (C=O) groups is 2. The second-order valence-corrected chi connectivity index (χ2v) is 9.29. The van der Waals surface area contributed by atoms with Crippen LogP contribution in [-0.2, 0) is 14.3 Å². The van der Waals surface area contributed by atoms with Crippen LogP contribution in [-0.4, -0.2) is 40.8 Å². The fraction of sp³-hybridized carbons (Fsp3) is 0.462. The molecule has 0 spiro atoms. The number of nitrogens with one attached hydrogen (secondary N) is 1. The number of aliphatic carboxylic acids is 1. The van der Waals surface area contributed by atoms with E-state index >= 15 is 0 Å². The minimum atomic E-state index is -1.09. The van der Waals surface area contributed by atoms with Gasteiger partial charge < -0.3 is 25.0 Å². The van der Waals surface area contributed by atoms with E-state index in [4.69, 9.17) is 14.6 Å². The minimum absolute atomic E-state index is 0.0157. The van der Waals surface area contributed by atoms with E-state index in [1.165, 1.54) is 12.1 Å². The Balaban J connectivity index is 2.01. The lowest BCUT2D eigenvalue weighted by Gasteiger charge is -2.43. The summed E-state index contributed by atoms with van der Waals surface area (Å²) in [4.78, 5) is 23.5. The smallest absolute Gasteiger partial charge is 0.341 e. The molecule has 2 aromatic rings. The molecule has 0 saturated carbocycles. The maximum absolute atomic E-state index is 13.5. The molecule has 0 radical (unpaired) electrons. The van der Waals surface area contributed by atoms with E-state index in [0.29, 0.717) is 24.2 Å². The predicted molar refractivity (Wildman–Crippen MR) is 124 cm³/mol. The van der Waals surface area contributed by atoms with Gasteiger partial charge in [-0.2, -0.15) is 0 Å². The van der Waals surface area contributed by atoms with E-state index in [1.807, 2.05) is 19.1 Å². The number of amides is 1. The summed E-state index contributed by atoms with van der Waals surface area (Å²) >= 11 is 0. The molecule has 1 fully saturated rings. The number of rotatable bonds is 9. The normalized spacial score (nSPS) is 22.4. The molecule has 1 aliphatic rings. The van der Waals surface area contributed by atoms with Crippen LogP contribution in [0.3, 0.4) is 0 Å². The third-order valence-electron chi connectivity index (χ3n) is 6.02. The fourth-order valence-corrected chi connectivity index (χ4v) is 4.30. The summed E-state index contributed by atoms with van der Waals surface area (Å²) in [7, 11) is 0. The van der Waals surface area contributed by atoms with Gasteiger partial charge in [0.05, 0.1) is 18.8 Å². The molecule has 3 N–H and O–H groups in total. The quantitative estimate of drug-likeness (QED) is 0.503. The highest BCUT2D eigenvalue weighted by molar-refractivity contribution is 5.76. The molecule has 7 nitrogen and oxygen atoms in total. The third-order valence-corrected chi connectivity index (χ3v) is 6.02. The number of hydrogen-bond acceptors (Lipinski definition) is 5. The van der Waals surface area contributed by atoms with Gasteiger partial charge in [0.1, 0.15) is 11.6 Å². The summed E-state index contributed by atoms with van der Waals surface area (Å²) in [5.74, 6) is -1.10. The van der Waals surface area contributed by atoms with Gasteiger partial charge in [0, 0.05) is 30.4 Å². The number of carbonyl (C=O) groups excluding carboxylic acids is 1. The third kappa shape index (κ3) is 6.55. The average molecular weight is 474 g/mol. The number of hydrogen-bond donors (Lipinski definition) is 3. The maximum atomic E-state index is 13.5. The summed E-state index contributed by atoms with van der Waals surface area (Å²) < 4.78 is 25.6. The van der Waals surface area contributed by atoms with Gasteiger partial charge in [-0.05, 0) is 48.2 Å². The van der Waals surface area contributed by atoms with E-state index in [2.05, 4.69) is 19.2 Å². The average Bonchev–Trinajstić information content (AvgIpc) is 2.77.